The summed E-state index contributed by atoms with van der Waals surface area (Å²) in [4.78, 5) is 4.61. The summed E-state index contributed by atoms with van der Waals surface area (Å²) in [5.74, 6) is 0.781. The third kappa shape index (κ3) is 3.51. The molecule has 98 valence electrons. The lowest BCUT2D eigenvalue weighted by Crippen LogP contribution is -2.17. The van der Waals surface area contributed by atoms with E-state index in [1.165, 1.54) is 12.8 Å². The second-order valence-corrected chi connectivity index (χ2v) is 6.65. The first-order valence-corrected chi connectivity index (χ1v) is 8.13. The van der Waals surface area contributed by atoms with Crippen molar-refractivity contribution >= 4 is 38.5 Å². The first kappa shape index (κ1) is 13.9. The van der Waals surface area contributed by atoms with E-state index in [2.05, 4.69) is 52.2 Å². The van der Waals surface area contributed by atoms with E-state index in [9.17, 15) is 0 Å². The molecule has 18 heavy (non-hydrogen) atoms. The Morgan fingerprint density at radius 1 is 1.33 bits per heavy atom. The smallest absolute Gasteiger partial charge is 0.161 e. The fourth-order valence-electron chi connectivity index (χ4n) is 2.18. The maximum absolute atomic E-state index is 4.61. The molecule has 1 aliphatic heterocycles. The van der Waals surface area contributed by atoms with Gasteiger partial charge in [0.25, 0.3) is 0 Å². The summed E-state index contributed by atoms with van der Waals surface area (Å²) in [6, 6.07) is 8.22. The fourth-order valence-corrected chi connectivity index (χ4v) is 3.78. The van der Waals surface area contributed by atoms with E-state index in [0.717, 1.165) is 27.8 Å². The molecule has 1 aromatic carbocycles. The van der Waals surface area contributed by atoms with Crippen molar-refractivity contribution in [2.45, 2.75) is 31.9 Å². The lowest BCUT2D eigenvalue weighted by molar-refractivity contribution is 0.479. The van der Waals surface area contributed by atoms with Crippen molar-refractivity contribution in [1.82, 2.24) is 0 Å². The summed E-state index contributed by atoms with van der Waals surface area (Å²) in [6.45, 7) is 5.50. The van der Waals surface area contributed by atoms with Crippen LogP contribution in [0, 0.1) is 5.92 Å². The van der Waals surface area contributed by atoms with Crippen LogP contribution in [0.1, 0.15) is 26.7 Å². The molecule has 1 aliphatic rings. The molecular weight excluding hydrogens is 308 g/mol. The average molecular weight is 327 g/mol. The van der Waals surface area contributed by atoms with Gasteiger partial charge in [-0.15, -0.1) is 0 Å². The van der Waals surface area contributed by atoms with Crippen LogP contribution in [0.4, 0.5) is 5.69 Å². The van der Waals surface area contributed by atoms with Crippen LogP contribution in [0.15, 0.2) is 33.7 Å². The Morgan fingerprint density at radius 3 is 2.61 bits per heavy atom. The first-order chi connectivity index (χ1) is 8.72. The second kappa shape index (κ2) is 6.62. The number of nitrogens with one attached hydrogen (secondary N) is 1. The van der Waals surface area contributed by atoms with Gasteiger partial charge < -0.3 is 5.32 Å². The van der Waals surface area contributed by atoms with E-state index in [-0.39, 0.29) is 0 Å². The molecule has 1 aromatic rings. The standard InChI is InChI=1S/C14H19BrN2S/c1-3-10(4-2)13-9-16-14(18-13)17-12-7-5-11(15)6-8-12/h5-8,10,13H,3-4,9H2,1-2H3,(H,16,17). The van der Waals surface area contributed by atoms with Gasteiger partial charge in [-0.25, -0.2) is 0 Å². The molecule has 0 bridgehead atoms. The van der Waals surface area contributed by atoms with Crippen molar-refractivity contribution in [2.75, 3.05) is 11.9 Å². The molecule has 1 N–H and O–H groups in total. The normalized spacial score (nSPS) is 19.1. The van der Waals surface area contributed by atoms with Gasteiger partial charge in [0.05, 0.1) is 6.54 Å². The molecule has 0 saturated heterocycles. The van der Waals surface area contributed by atoms with E-state index >= 15 is 0 Å². The fraction of sp³-hybridized carbons (Fsp3) is 0.500. The van der Waals surface area contributed by atoms with E-state index in [1.54, 1.807) is 0 Å². The van der Waals surface area contributed by atoms with Gasteiger partial charge >= 0.3 is 0 Å². The van der Waals surface area contributed by atoms with Crippen LogP contribution < -0.4 is 5.32 Å². The number of thioether (sulfide) groups is 1. The summed E-state index contributed by atoms with van der Waals surface area (Å²) in [6.07, 6.45) is 2.49. The topological polar surface area (TPSA) is 24.4 Å². The molecule has 2 nitrogen and oxygen atoms in total. The van der Waals surface area contributed by atoms with Gasteiger partial charge in [-0.1, -0.05) is 54.4 Å². The highest BCUT2D eigenvalue weighted by Gasteiger charge is 2.25. The number of rotatable bonds is 4. The molecule has 0 saturated carbocycles. The second-order valence-electron chi connectivity index (χ2n) is 4.51. The number of amidine groups is 1. The molecule has 0 fully saturated rings. The van der Waals surface area contributed by atoms with Crippen LogP contribution in [0.5, 0.6) is 0 Å². The van der Waals surface area contributed by atoms with Gasteiger partial charge in [-0.05, 0) is 30.2 Å². The largest absolute Gasteiger partial charge is 0.335 e. The highest BCUT2D eigenvalue weighted by molar-refractivity contribution is 9.10. The average Bonchev–Trinajstić information content (AvgIpc) is 2.82. The number of halogens is 1. The first-order valence-electron chi connectivity index (χ1n) is 6.46. The van der Waals surface area contributed by atoms with Gasteiger partial charge in [0.15, 0.2) is 5.17 Å². The molecule has 4 heteroatoms. The van der Waals surface area contributed by atoms with Crippen molar-refractivity contribution < 1.29 is 0 Å². The van der Waals surface area contributed by atoms with Crippen LogP contribution >= 0.6 is 27.7 Å². The molecule has 0 radical (unpaired) electrons. The maximum atomic E-state index is 4.61. The number of aliphatic imine (C=N–C) groups is 1. The summed E-state index contributed by atoms with van der Waals surface area (Å²) in [5.41, 5.74) is 1.11. The SMILES string of the molecule is CCC(CC)C1CN=C(Nc2ccc(Br)cc2)S1. The molecule has 0 aliphatic carbocycles. The van der Waals surface area contributed by atoms with Gasteiger partial charge in [0, 0.05) is 15.4 Å². The van der Waals surface area contributed by atoms with Gasteiger partial charge in [-0.2, -0.15) is 0 Å². The molecule has 0 amide bonds. The zero-order valence-electron chi connectivity index (χ0n) is 10.8. The van der Waals surface area contributed by atoms with E-state index in [1.807, 2.05) is 23.9 Å². The number of hydrogen-bond acceptors (Lipinski definition) is 3. The van der Waals surface area contributed by atoms with Crippen LogP contribution in [0.25, 0.3) is 0 Å². The molecule has 1 atom stereocenters. The Morgan fingerprint density at radius 2 is 2.00 bits per heavy atom. The number of nitrogens with zero attached hydrogens (tertiary/aromatic N) is 1. The van der Waals surface area contributed by atoms with Crippen molar-refractivity contribution in [1.29, 1.82) is 0 Å². The Balaban J connectivity index is 1.91. The minimum Gasteiger partial charge on any atom is -0.335 e. The van der Waals surface area contributed by atoms with Gasteiger partial charge in [-0.3, -0.25) is 4.99 Å². The van der Waals surface area contributed by atoms with E-state index < -0.39 is 0 Å². The zero-order valence-corrected chi connectivity index (χ0v) is 13.2. The van der Waals surface area contributed by atoms with Crippen molar-refractivity contribution in [3.05, 3.63) is 28.7 Å². The minimum atomic E-state index is 0.651. The zero-order chi connectivity index (χ0) is 13.0. The quantitative estimate of drug-likeness (QED) is 0.861. The molecule has 2 rings (SSSR count). The molecular formula is C14H19BrN2S. The molecule has 1 unspecified atom stereocenters. The molecule has 0 spiro atoms. The summed E-state index contributed by atoms with van der Waals surface area (Å²) < 4.78 is 1.10. The van der Waals surface area contributed by atoms with Gasteiger partial charge in [0.2, 0.25) is 0 Å². The Labute approximate surface area is 122 Å². The van der Waals surface area contributed by atoms with Crippen LogP contribution in [-0.4, -0.2) is 17.0 Å². The Bertz CT molecular complexity index is 412. The minimum absolute atomic E-state index is 0.651. The molecule has 0 aromatic heterocycles. The Hall–Kier alpha value is -0.480. The number of hydrogen-bond donors (Lipinski definition) is 1. The summed E-state index contributed by atoms with van der Waals surface area (Å²) >= 11 is 5.34. The summed E-state index contributed by atoms with van der Waals surface area (Å²) in [7, 11) is 0. The third-order valence-corrected chi connectivity index (χ3v) is 5.17. The number of anilines is 1. The maximum Gasteiger partial charge on any atom is 0.161 e. The summed E-state index contributed by atoms with van der Waals surface area (Å²) in [5, 5.41) is 5.11. The lowest BCUT2D eigenvalue weighted by Gasteiger charge is -2.18. The Kier molecular flexibility index (Phi) is 5.13. The van der Waals surface area contributed by atoms with E-state index in [4.69, 9.17) is 0 Å². The predicted molar refractivity (Wildman–Crippen MR) is 85.5 cm³/mol. The van der Waals surface area contributed by atoms with Crippen molar-refractivity contribution in [2.24, 2.45) is 10.9 Å². The number of benzene rings is 1. The van der Waals surface area contributed by atoms with Crippen molar-refractivity contribution in [3.8, 4) is 0 Å². The van der Waals surface area contributed by atoms with E-state index in [0.29, 0.717) is 5.25 Å². The third-order valence-electron chi connectivity index (χ3n) is 3.35. The van der Waals surface area contributed by atoms with Crippen LogP contribution in [0.2, 0.25) is 0 Å². The predicted octanol–water partition coefficient (Wildman–Crippen LogP) is 4.77. The monoisotopic (exact) mass is 326 g/mol. The van der Waals surface area contributed by atoms with Gasteiger partial charge in [0.1, 0.15) is 0 Å². The molecule has 1 heterocycles. The van der Waals surface area contributed by atoms with Crippen molar-refractivity contribution in [3.63, 3.8) is 0 Å². The lowest BCUT2D eigenvalue weighted by atomic mass is 9.99. The highest BCUT2D eigenvalue weighted by Crippen LogP contribution is 2.31. The highest BCUT2D eigenvalue weighted by atomic mass is 79.9. The van der Waals surface area contributed by atoms with Crippen LogP contribution in [-0.2, 0) is 0 Å². The van der Waals surface area contributed by atoms with Crippen LogP contribution in [0.3, 0.4) is 0 Å².